The fourth-order valence-corrected chi connectivity index (χ4v) is 2.03. The van der Waals surface area contributed by atoms with Crippen LogP contribution in [0.3, 0.4) is 0 Å². The minimum absolute atomic E-state index is 0.0774. The van der Waals surface area contributed by atoms with Crippen molar-refractivity contribution in [2.45, 2.75) is 38.3 Å². The molecule has 0 N–H and O–H groups in total. The van der Waals surface area contributed by atoms with Crippen LogP contribution in [0.15, 0.2) is 0 Å². The van der Waals surface area contributed by atoms with E-state index in [9.17, 15) is 22.0 Å². The SMILES string of the molecule is CCCCC(CI)C(F)(F)C(F)(F)F. The van der Waals surface area contributed by atoms with Gasteiger partial charge in [0.15, 0.2) is 0 Å². The fraction of sp³-hybridized carbons (Fsp3) is 1.00. The zero-order chi connectivity index (χ0) is 11.4. The van der Waals surface area contributed by atoms with Crippen molar-refractivity contribution in [3.05, 3.63) is 0 Å². The molecule has 0 nitrogen and oxygen atoms in total. The van der Waals surface area contributed by atoms with Crippen LogP contribution < -0.4 is 0 Å². The monoisotopic (exact) mass is 330 g/mol. The molecule has 0 spiro atoms. The Balaban J connectivity index is 4.49. The minimum atomic E-state index is -5.42. The molecule has 0 heterocycles. The first-order valence-electron chi connectivity index (χ1n) is 4.27. The standard InChI is InChI=1S/C8H12F5I/c1-2-3-4-6(5-14)7(9,10)8(11,12)13/h6H,2-5H2,1H3. The van der Waals surface area contributed by atoms with Crippen molar-refractivity contribution < 1.29 is 22.0 Å². The maximum atomic E-state index is 12.8. The lowest BCUT2D eigenvalue weighted by Gasteiger charge is -2.27. The molecule has 6 heteroatoms. The maximum absolute atomic E-state index is 12.8. The normalized spacial score (nSPS) is 15.6. The Bertz CT molecular complexity index is 166. The Morgan fingerprint density at radius 3 is 1.93 bits per heavy atom. The van der Waals surface area contributed by atoms with Gasteiger partial charge in [0.2, 0.25) is 0 Å². The average Bonchev–Trinajstić information content (AvgIpc) is 2.03. The summed E-state index contributed by atoms with van der Waals surface area (Å²) in [7, 11) is 0. The maximum Gasteiger partial charge on any atom is 0.453 e. The Kier molecular flexibility index (Phi) is 5.61. The second-order valence-corrected chi connectivity index (χ2v) is 3.99. The van der Waals surface area contributed by atoms with Gasteiger partial charge in [-0.25, -0.2) is 0 Å². The van der Waals surface area contributed by atoms with Gasteiger partial charge < -0.3 is 0 Å². The zero-order valence-corrected chi connectivity index (χ0v) is 9.83. The molecule has 0 aliphatic heterocycles. The first-order chi connectivity index (χ1) is 6.27. The quantitative estimate of drug-likeness (QED) is 0.398. The van der Waals surface area contributed by atoms with Crippen molar-refractivity contribution in [2.75, 3.05) is 4.43 Å². The van der Waals surface area contributed by atoms with Crippen LogP contribution in [0.1, 0.15) is 26.2 Å². The number of hydrogen-bond acceptors (Lipinski definition) is 0. The van der Waals surface area contributed by atoms with E-state index < -0.39 is 18.0 Å². The molecule has 0 saturated carbocycles. The van der Waals surface area contributed by atoms with Gasteiger partial charge in [0.05, 0.1) is 0 Å². The van der Waals surface area contributed by atoms with Crippen LogP contribution >= 0.6 is 22.6 Å². The van der Waals surface area contributed by atoms with E-state index >= 15 is 0 Å². The molecular formula is C8H12F5I. The molecule has 0 aromatic heterocycles. The number of hydrogen-bond donors (Lipinski definition) is 0. The van der Waals surface area contributed by atoms with Gasteiger partial charge in [-0.15, -0.1) is 0 Å². The summed E-state index contributed by atoms with van der Waals surface area (Å²) in [6.45, 7) is 1.76. The van der Waals surface area contributed by atoms with Crippen LogP contribution in [-0.4, -0.2) is 16.5 Å². The summed E-state index contributed by atoms with van der Waals surface area (Å²) in [6, 6.07) is 0. The molecule has 0 aromatic carbocycles. The van der Waals surface area contributed by atoms with E-state index in [0.717, 1.165) is 0 Å². The summed E-state index contributed by atoms with van der Waals surface area (Å²) in [5.41, 5.74) is 0. The van der Waals surface area contributed by atoms with Gasteiger partial charge in [-0.3, -0.25) is 0 Å². The van der Waals surface area contributed by atoms with E-state index in [1.165, 1.54) is 0 Å². The zero-order valence-electron chi connectivity index (χ0n) is 7.67. The molecule has 0 aliphatic carbocycles. The Morgan fingerprint density at radius 1 is 1.14 bits per heavy atom. The second kappa shape index (κ2) is 5.46. The highest BCUT2D eigenvalue weighted by atomic mass is 127. The van der Waals surface area contributed by atoms with E-state index in [0.29, 0.717) is 12.8 Å². The fourth-order valence-electron chi connectivity index (χ4n) is 1.04. The van der Waals surface area contributed by atoms with Crippen LogP contribution in [0.2, 0.25) is 0 Å². The van der Waals surface area contributed by atoms with E-state index in [2.05, 4.69) is 0 Å². The highest BCUT2D eigenvalue weighted by molar-refractivity contribution is 14.1. The summed E-state index contributed by atoms with van der Waals surface area (Å²) in [5.74, 6) is -6.15. The van der Waals surface area contributed by atoms with Crippen molar-refractivity contribution in [1.82, 2.24) is 0 Å². The topological polar surface area (TPSA) is 0 Å². The summed E-state index contributed by atoms with van der Waals surface area (Å²) in [5, 5.41) is 0. The molecule has 86 valence electrons. The lowest BCUT2D eigenvalue weighted by atomic mass is 9.97. The van der Waals surface area contributed by atoms with Gasteiger partial charge in [0.25, 0.3) is 0 Å². The molecule has 1 atom stereocenters. The average molecular weight is 330 g/mol. The van der Waals surface area contributed by atoms with Gasteiger partial charge in [0, 0.05) is 10.3 Å². The predicted octanol–water partition coefficient (Wildman–Crippen LogP) is 4.43. The van der Waals surface area contributed by atoms with Crippen LogP contribution in [0.25, 0.3) is 0 Å². The molecule has 0 fully saturated rings. The van der Waals surface area contributed by atoms with E-state index in [1.807, 2.05) is 0 Å². The summed E-state index contributed by atoms with van der Waals surface area (Å²) in [6.07, 6.45) is -4.47. The Labute approximate surface area is 93.4 Å². The number of unbranched alkanes of at least 4 members (excludes halogenated alkanes) is 1. The molecule has 14 heavy (non-hydrogen) atoms. The van der Waals surface area contributed by atoms with Crippen molar-refractivity contribution in [3.63, 3.8) is 0 Å². The summed E-state index contributed by atoms with van der Waals surface area (Å²) < 4.78 is 61.2. The van der Waals surface area contributed by atoms with Crippen LogP contribution in [-0.2, 0) is 0 Å². The van der Waals surface area contributed by atoms with E-state index in [1.54, 1.807) is 29.5 Å². The van der Waals surface area contributed by atoms with Gasteiger partial charge in [0.1, 0.15) is 0 Å². The van der Waals surface area contributed by atoms with E-state index in [4.69, 9.17) is 0 Å². The number of halogens is 6. The van der Waals surface area contributed by atoms with Crippen molar-refractivity contribution >= 4 is 22.6 Å². The predicted molar refractivity (Wildman–Crippen MR) is 52.9 cm³/mol. The van der Waals surface area contributed by atoms with Crippen molar-refractivity contribution in [2.24, 2.45) is 5.92 Å². The molecule has 0 rings (SSSR count). The van der Waals surface area contributed by atoms with Crippen LogP contribution in [0, 0.1) is 5.92 Å². The first-order valence-corrected chi connectivity index (χ1v) is 5.80. The summed E-state index contributed by atoms with van der Waals surface area (Å²) in [4.78, 5) is 0. The number of rotatable bonds is 5. The third-order valence-corrected chi connectivity index (χ3v) is 3.05. The Hall–Kier alpha value is 0.380. The van der Waals surface area contributed by atoms with Crippen LogP contribution in [0.4, 0.5) is 22.0 Å². The summed E-state index contributed by atoms with van der Waals surface area (Å²) >= 11 is 1.57. The minimum Gasteiger partial charge on any atom is -0.196 e. The molecule has 1 unspecified atom stereocenters. The molecule has 0 bridgehead atoms. The Morgan fingerprint density at radius 2 is 1.64 bits per heavy atom. The largest absolute Gasteiger partial charge is 0.453 e. The molecule has 0 aliphatic rings. The lowest BCUT2D eigenvalue weighted by molar-refractivity contribution is -0.300. The molecule has 0 radical (unpaired) electrons. The smallest absolute Gasteiger partial charge is 0.196 e. The second-order valence-electron chi connectivity index (χ2n) is 3.11. The van der Waals surface area contributed by atoms with Crippen molar-refractivity contribution in [3.8, 4) is 0 Å². The molecule has 0 aromatic rings. The van der Waals surface area contributed by atoms with Gasteiger partial charge >= 0.3 is 12.1 Å². The van der Waals surface area contributed by atoms with Crippen molar-refractivity contribution in [1.29, 1.82) is 0 Å². The lowest BCUT2D eigenvalue weighted by Crippen LogP contribution is -2.44. The van der Waals surface area contributed by atoms with Gasteiger partial charge in [-0.05, 0) is 6.42 Å². The van der Waals surface area contributed by atoms with Gasteiger partial charge in [-0.2, -0.15) is 22.0 Å². The third-order valence-electron chi connectivity index (χ3n) is 1.98. The first kappa shape index (κ1) is 14.4. The molecule has 0 saturated heterocycles. The highest BCUT2D eigenvalue weighted by Crippen LogP contribution is 2.43. The molecular weight excluding hydrogens is 318 g/mol. The van der Waals surface area contributed by atoms with E-state index in [-0.39, 0.29) is 10.8 Å². The van der Waals surface area contributed by atoms with Crippen LogP contribution in [0.5, 0.6) is 0 Å². The van der Waals surface area contributed by atoms with Gasteiger partial charge in [-0.1, -0.05) is 42.4 Å². The third kappa shape index (κ3) is 3.51. The number of alkyl halides is 6. The molecule has 0 amide bonds. The highest BCUT2D eigenvalue weighted by Gasteiger charge is 2.61.